The van der Waals surface area contributed by atoms with Crippen molar-refractivity contribution in [1.29, 1.82) is 0 Å². The minimum absolute atomic E-state index is 0.110. The Labute approximate surface area is 140 Å². The van der Waals surface area contributed by atoms with Crippen LogP contribution in [0.25, 0.3) is 10.8 Å². The van der Waals surface area contributed by atoms with E-state index in [1.165, 1.54) is 6.07 Å². The molecule has 3 rings (SSSR count). The van der Waals surface area contributed by atoms with Gasteiger partial charge in [-0.1, -0.05) is 48.0 Å². The molecule has 0 atom stereocenters. The number of rotatable bonds is 3. The predicted molar refractivity (Wildman–Crippen MR) is 92.7 cm³/mol. The zero-order chi connectivity index (χ0) is 16.6. The summed E-state index contributed by atoms with van der Waals surface area (Å²) in [6.07, 6.45) is 0. The molecule has 0 amide bonds. The summed E-state index contributed by atoms with van der Waals surface area (Å²) < 4.78 is 30.8. The topological polar surface area (TPSA) is 43.4 Å². The minimum Gasteiger partial charge on any atom is -0.379 e. The van der Waals surface area contributed by atoms with Crippen molar-refractivity contribution >= 4 is 32.5 Å². The van der Waals surface area contributed by atoms with E-state index in [0.29, 0.717) is 21.5 Å². The largest absolute Gasteiger partial charge is 0.379 e. The predicted octanol–water partition coefficient (Wildman–Crippen LogP) is 4.88. The summed E-state index contributed by atoms with van der Waals surface area (Å²) in [6.45, 7) is 3.70. The first-order valence-electron chi connectivity index (χ1n) is 7.07. The average Bonchev–Trinajstić information content (AvgIpc) is 2.51. The van der Waals surface area contributed by atoms with Gasteiger partial charge in [-0.05, 0) is 43.2 Å². The van der Waals surface area contributed by atoms with Crippen LogP contribution in [0, 0.1) is 13.8 Å². The average molecular weight is 347 g/mol. The van der Waals surface area contributed by atoms with E-state index in [9.17, 15) is 8.42 Å². The molecule has 0 saturated carbocycles. The highest BCUT2D eigenvalue weighted by Crippen LogP contribution is 2.31. The molecule has 3 aromatic carbocycles. The molecule has 0 aliphatic carbocycles. The van der Waals surface area contributed by atoms with E-state index in [2.05, 4.69) is 0 Å². The summed E-state index contributed by atoms with van der Waals surface area (Å²) in [5.74, 6) is 0.337. The fourth-order valence-electron chi connectivity index (χ4n) is 2.41. The van der Waals surface area contributed by atoms with Crippen LogP contribution in [0.4, 0.5) is 0 Å². The molecule has 0 saturated heterocycles. The Morgan fingerprint density at radius 3 is 2.35 bits per heavy atom. The van der Waals surface area contributed by atoms with E-state index in [-0.39, 0.29) is 4.90 Å². The van der Waals surface area contributed by atoms with Crippen molar-refractivity contribution in [3.8, 4) is 5.75 Å². The van der Waals surface area contributed by atoms with Gasteiger partial charge in [0.15, 0.2) is 0 Å². The van der Waals surface area contributed by atoms with Gasteiger partial charge in [-0.25, -0.2) is 0 Å². The summed E-state index contributed by atoms with van der Waals surface area (Å²) in [5.41, 5.74) is 1.69. The monoisotopic (exact) mass is 346 g/mol. The summed E-state index contributed by atoms with van der Waals surface area (Å²) in [4.78, 5) is 0.110. The van der Waals surface area contributed by atoms with Crippen LogP contribution in [-0.2, 0) is 10.1 Å². The number of halogens is 1. The second kappa shape index (κ2) is 5.87. The molecule has 0 spiro atoms. The van der Waals surface area contributed by atoms with Crippen LogP contribution in [0.2, 0.25) is 5.02 Å². The maximum Gasteiger partial charge on any atom is 0.339 e. The molecular weight excluding hydrogens is 332 g/mol. The zero-order valence-electron chi connectivity index (χ0n) is 12.7. The molecule has 23 heavy (non-hydrogen) atoms. The van der Waals surface area contributed by atoms with Gasteiger partial charge in [0.25, 0.3) is 0 Å². The van der Waals surface area contributed by atoms with Crippen LogP contribution >= 0.6 is 11.6 Å². The lowest BCUT2D eigenvalue weighted by molar-refractivity contribution is 0.485. The molecule has 0 heterocycles. The van der Waals surface area contributed by atoms with E-state index in [1.54, 1.807) is 30.3 Å². The van der Waals surface area contributed by atoms with Crippen molar-refractivity contribution in [3.63, 3.8) is 0 Å². The molecular formula is C18H15ClO3S. The molecule has 0 N–H and O–H groups in total. The minimum atomic E-state index is -3.95. The molecule has 0 fully saturated rings. The van der Waals surface area contributed by atoms with Gasteiger partial charge in [0, 0.05) is 15.8 Å². The number of fused-ring (bicyclic) bond motifs is 1. The van der Waals surface area contributed by atoms with Crippen LogP contribution in [0.5, 0.6) is 5.75 Å². The Hall–Kier alpha value is -2.04. The number of hydrogen-bond donors (Lipinski definition) is 0. The first-order chi connectivity index (χ1) is 10.9. The molecule has 0 aliphatic heterocycles. The Kier molecular flexibility index (Phi) is 4.04. The lowest BCUT2D eigenvalue weighted by Crippen LogP contribution is -2.11. The summed E-state index contributed by atoms with van der Waals surface area (Å²) in [5, 5.41) is 1.73. The number of hydrogen-bond acceptors (Lipinski definition) is 3. The van der Waals surface area contributed by atoms with E-state index < -0.39 is 10.1 Å². The van der Waals surface area contributed by atoms with Gasteiger partial charge in [0.05, 0.1) is 0 Å². The Morgan fingerprint density at radius 1 is 0.913 bits per heavy atom. The van der Waals surface area contributed by atoms with Crippen LogP contribution in [-0.4, -0.2) is 8.42 Å². The van der Waals surface area contributed by atoms with Crippen molar-refractivity contribution in [2.45, 2.75) is 18.7 Å². The second-order valence-corrected chi connectivity index (χ2v) is 7.32. The second-order valence-electron chi connectivity index (χ2n) is 5.40. The highest BCUT2D eigenvalue weighted by atomic mass is 35.5. The molecule has 0 bridgehead atoms. The van der Waals surface area contributed by atoms with E-state index >= 15 is 0 Å². The molecule has 0 aromatic heterocycles. The molecule has 0 radical (unpaired) electrons. The highest BCUT2D eigenvalue weighted by Gasteiger charge is 2.21. The normalized spacial score (nSPS) is 11.6. The zero-order valence-corrected chi connectivity index (χ0v) is 14.3. The summed E-state index contributed by atoms with van der Waals surface area (Å²) in [7, 11) is -3.95. The van der Waals surface area contributed by atoms with Gasteiger partial charge in [0.2, 0.25) is 0 Å². The molecule has 0 unspecified atom stereocenters. The maximum atomic E-state index is 12.7. The lowest BCUT2D eigenvalue weighted by Gasteiger charge is -2.12. The molecule has 118 valence electrons. The molecule has 3 aromatic rings. The third-order valence-electron chi connectivity index (χ3n) is 3.64. The SMILES string of the molecule is Cc1ccc(C)c(OS(=O)(=O)c2ccc(Cl)c3ccccc23)c1. The molecule has 5 heteroatoms. The Bertz CT molecular complexity index is 994. The summed E-state index contributed by atoms with van der Waals surface area (Å²) in [6, 6.07) is 15.6. The standard InChI is InChI=1S/C18H15ClO3S/c1-12-7-8-13(2)17(11-12)22-23(20,21)18-10-9-16(19)14-5-3-4-6-15(14)18/h3-11H,1-2H3. The number of benzene rings is 3. The first kappa shape index (κ1) is 15.8. The van der Waals surface area contributed by atoms with Gasteiger partial charge in [-0.3, -0.25) is 0 Å². The Balaban J connectivity index is 2.14. The first-order valence-corrected chi connectivity index (χ1v) is 8.86. The smallest absolute Gasteiger partial charge is 0.339 e. The van der Waals surface area contributed by atoms with Gasteiger partial charge in [-0.15, -0.1) is 0 Å². The van der Waals surface area contributed by atoms with E-state index in [1.807, 2.05) is 32.0 Å². The van der Waals surface area contributed by atoms with Gasteiger partial charge < -0.3 is 4.18 Å². The fourth-order valence-corrected chi connectivity index (χ4v) is 3.83. The third-order valence-corrected chi connectivity index (χ3v) is 5.27. The lowest BCUT2D eigenvalue weighted by atomic mass is 10.1. The van der Waals surface area contributed by atoms with Crippen molar-refractivity contribution in [2.24, 2.45) is 0 Å². The van der Waals surface area contributed by atoms with Gasteiger partial charge in [0.1, 0.15) is 10.6 Å². The van der Waals surface area contributed by atoms with E-state index in [4.69, 9.17) is 15.8 Å². The molecule has 3 nitrogen and oxygen atoms in total. The summed E-state index contributed by atoms with van der Waals surface area (Å²) >= 11 is 6.15. The maximum absolute atomic E-state index is 12.7. The quantitative estimate of drug-likeness (QED) is 0.635. The Morgan fingerprint density at radius 2 is 1.61 bits per heavy atom. The van der Waals surface area contributed by atoms with Crippen molar-refractivity contribution in [3.05, 3.63) is 70.7 Å². The molecule has 0 aliphatic rings. The fraction of sp³-hybridized carbons (Fsp3) is 0.111. The van der Waals surface area contributed by atoms with Gasteiger partial charge >= 0.3 is 10.1 Å². The number of aryl methyl sites for hydroxylation is 2. The van der Waals surface area contributed by atoms with Crippen molar-refractivity contribution in [1.82, 2.24) is 0 Å². The van der Waals surface area contributed by atoms with Crippen LogP contribution < -0.4 is 4.18 Å². The highest BCUT2D eigenvalue weighted by molar-refractivity contribution is 7.87. The van der Waals surface area contributed by atoms with Crippen molar-refractivity contribution in [2.75, 3.05) is 0 Å². The van der Waals surface area contributed by atoms with Crippen LogP contribution in [0.15, 0.2) is 59.5 Å². The van der Waals surface area contributed by atoms with Crippen molar-refractivity contribution < 1.29 is 12.6 Å². The van der Waals surface area contributed by atoms with Gasteiger partial charge in [-0.2, -0.15) is 8.42 Å². The third kappa shape index (κ3) is 3.05. The van der Waals surface area contributed by atoms with Crippen LogP contribution in [0.1, 0.15) is 11.1 Å². The van der Waals surface area contributed by atoms with E-state index in [0.717, 1.165) is 11.1 Å². The van der Waals surface area contributed by atoms with Crippen LogP contribution in [0.3, 0.4) is 0 Å².